The molecule has 0 saturated carbocycles. The number of carbonyl (C=O) groups excluding carboxylic acids is 2. The highest BCUT2D eigenvalue weighted by Gasteiger charge is 2.22. The van der Waals surface area contributed by atoms with Crippen LogP contribution >= 0.6 is 12.4 Å². The van der Waals surface area contributed by atoms with E-state index in [4.69, 9.17) is 0 Å². The monoisotopic (exact) mass is 455 g/mol. The molecule has 0 bridgehead atoms. The van der Waals surface area contributed by atoms with Gasteiger partial charge in [0, 0.05) is 62.5 Å². The van der Waals surface area contributed by atoms with Crippen LogP contribution in [0, 0.1) is 0 Å². The predicted molar refractivity (Wildman–Crippen MR) is 133 cm³/mol. The van der Waals surface area contributed by atoms with Gasteiger partial charge in [-0.15, -0.1) is 12.4 Å². The third-order valence-corrected chi connectivity index (χ3v) is 6.50. The van der Waals surface area contributed by atoms with Crippen LogP contribution < -0.4 is 10.2 Å². The van der Waals surface area contributed by atoms with E-state index >= 15 is 0 Å². The summed E-state index contributed by atoms with van der Waals surface area (Å²) in [6, 6.07) is 14.7. The molecule has 5 nitrogen and oxygen atoms in total. The van der Waals surface area contributed by atoms with Crippen LogP contribution in [0.5, 0.6) is 0 Å². The molecule has 0 aliphatic carbocycles. The number of ketones is 1. The molecule has 2 aliphatic rings. The second-order valence-electron chi connectivity index (χ2n) is 8.65. The van der Waals surface area contributed by atoms with Crippen LogP contribution in [0.4, 0.5) is 11.4 Å². The van der Waals surface area contributed by atoms with Crippen molar-refractivity contribution in [1.29, 1.82) is 0 Å². The van der Waals surface area contributed by atoms with Gasteiger partial charge in [0.15, 0.2) is 5.78 Å². The van der Waals surface area contributed by atoms with Crippen LogP contribution in [0.3, 0.4) is 0 Å². The molecule has 32 heavy (non-hydrogen) atoms. The molecule has 0 atom stereocenters. The van der Waals surface area contributed by atoms with Gasteiger partial charge in [0.05, 0.1) is 0 Å². The number of Topliss-reactive ketones (excluding diaryl/α,β-unsaturated/α-hetero) is 1. The number of hydrogen-bond donors (Lipinski definition) is 1. The van der Waals surface area contributed by atoms with Gasteiger partial charge >= 0.3 is 0 Å². The summed E-state index contributed by atoms with van der Waals surface area (Å²) >= 11 is 0. The van der Waals surface area contributed by atoms with Gasteiger partial charge in [-0.1, -0.05) is 37.6 Å². The average Bonchev–Trinajstić information content (AvgIpc) is 2.81. The van der Waals surface area contributed by atoms with Crippen LogP contribution in [0.25, 0.3) is 0 Å². The number of aryl methyl sites for hydroxylation is 1. The highest BCUT2D eigenvalue weighted by Crippen LogP contribution is 2.27. The van der Waals surface area contributed by atoms with Gasteiger partial charge in [0.2, 0.25) is 5.91 Å². The Labute approximate surface area is 197 Å². The number of amides is 1. The smallest absolute Gasteiger partial charge is 0.224 e. The minimum atomic E-state index is 0. The summed E-state index contributed by atoms with van der Waals surface area (Å²) in [6.07, 6.45) is 5.27. The minimum Gasteiger partial charge on any atom is -0.369 e. The van der Waals surface area contributed by atoms with E-state index in [1.807, 2.05) is 18.2 Å². The molecule has 1 N–H and O–H groups in total. The van der Waals surface area contributed by atoms with Crippen molar-refractivity contribution in [2.75, 3.05) is 42.9 Å². The number of halogens is 1. The Bertz CT molecular complexity index is 921. The molecule has 0 unspecified atom stereocenters. The van der Waals surface area contributed by atoms with Gasteiger partial charge < -0.3 is 10.2 Å². The highest BCUT2D eigenvalue weighted by atomic mass is 35.5. The van der Waals surface area contributed by atoms with Crippen LogP contribution in [-0.2, 0) is 17.6 Å². The van der Waals surface area contributed by atoms with E-state index in [0.29, 0.717) is 19.3 Å². The molecule has 1 amide bonds. The number of anilines is 2. The molecule has 1 fully saturated rings. The van der Waals surface area contributed by atoms with Crippen LogP contribution in [-0.4, -0.2) is 49.3 Å². The normalized spacial score (nSPS) is 16.2. The summed E-state index contributed by atoms with van der Waals surface area (Å²) in [5.74, 6) is 0.212. The predicted octanol–water partition coefficient (Wildman–Crippen LogP) is 4.73. The van der Waals surface area contributed by atoms with E-state index in [2.05, 4.69) is 46.3 Å². The lowest BCUT2D eigenvalue weighted by atomic mass is 9.94. The maximum absolute atomic E-state index is 12.9. The van der Waals surface area contributed by atoms with Gasteiger partial charge in [-0.3, -0.25) is 14.5 Å². The second kappa shape index (κ2) is 11.5. The molecule has 172 valence electrons. The zero-order valence-electron chi connectivity index (χ0n) is 18.9. The number of nitrogens with one attached hydrogen (secondary N) is 1. The Hall–Kier alpha value is -2.37. The van der Waals surface area contributed by atoms with Crippen molar-refractivity contribution >= 4 is 35.5 Å². The quantitative estimate of drug-likeness (QED) is 0.584. The number of hydrogen-bond acceptors (Lipinski definition) is 4. The van der Waals surface area contributed by atoms with Gasteiger partial charge in [0.1, 0.15) is 0 Å². The SMILES string of the molecule is CCCCc1ccc(N2CCN(CCC(=O)c3cccc4c3CCC(=O)N4)CC2)cc1.Cl. The van der Waals surface area contributed by atoms with Crippen LogP contribution in [0.2, 0.25) is 0 Å². The van der Waals surface area contributed by atoms with Crippen molar-refractivity contribution < 1.29 is 9.59 Å². The first-order chi connectivity index (χ1) is 15.1. The first-order valence-electron chi connectivity index (χ1n) is 11.6. The maximum Gasteiger partial charge on any atom is 0.224 e. The van der Waals surface area contributed by atoms with Crippen molar-refractivity contribution in [2.45, 2.75) is 45.4 Å². The highest BCUT2D eigenvalue weighted by molar-refractivity contribution is 6.02. The Kier molecular flexibility index (Phi) is 8.71. The Morgan fingerprint density at radius 2 is 1.75 bits per heavy atom. The molecular weight excluding hydrogens is 422 g/mol. The fourth-order valence-electron chi connectivity index (χ4n) is 4.56. The Morgan fingerprint density at radius 3 is 2.47 bits per heavy atom. The number of unbranched alkanes of at least 4 members (excludes halogenated alkanes) is 1. The lowest BCUT2D eigenvalue weighted by molar-refractivity contribution is -0.116. The molecular formula is C26H34ClN3O2. The number of rotatable bonds is 8. The molecule has 6 heteroatoms. The number of piperazine rings is 1. The fraction of sp³-hybridized carbons (Fsp3) is 0.462. The molecule has 2 heterocycles. The molecule has 2 aromatic carbocycles. The van der Waals surface area contributed by atoms with Crippen molar-refractivity contribution in [2.24, 2.45) is 0 Å². The first kappa shape index (κ1) is 24.3. The molecule has 2 aliphatic heterocycles. The lowest BCUT2D eigenvalue weighted by Gasteiger charge is -2.36. The first-order valence-corrected chi connectivity index (χ1v) is 11.6. The van der Waals surface area contributed by atoms with E-state index in [1.165, 1.54) is 24.1 Å². The van der Waals surface area contributed by atoms with Crippen molar-refractivity contribution in [3.8, 4) is 0 Å². The average molecular weight is 456 g/mol. The maximum atomic E-state index is 12.9. The summed E-state index contributed by atoms with van der Waals surface area (Å²) in [5, 5.41) is 2.89. The third-order valence-electron chi connectivity index (χ3n) is 6.50. The standard InChI is InChI=1S/C26H33N3O2.ClH/c1-2-3-5-20-8-10-21(11-9-20)29-18-16-28(17-19-29)15-14-25(30)23-6-4-7-24-22(23)12-13-26(31)27-24;/h4,6-11H,2-3,5,12-19H2,1H3,(H,27,31);1H. The van der Waals surface area contributed by atoms with E-state index in [-0.39, 0.29) is 24.1 Å². The van der Waals surface area contributed by atoms with Gasteiger partial charge in [0.25, 0.3) is 0 Å². The zero-order valence-corrected chi connectivity index (χ0v) is 19.8. The summed E-state index contributed by atoms with van der Waals surface area (Å²) in [4.78, 5) is 29.3. The van der Waals surface area contributed by atoms with Crippen molar-refractivity contribution in [3.63, 3.8) is 0 Å². The van der Waals surface area contributed by atoms with E-state index in [9.17, 15) is 9.59 Å². The summed E-state index contributed by atoms with van der Waals surface area (Å²) in [7, 11) is 0. The van der Waals surface area contributed by atoms with Gasteiger partial charge in [-0.05, 0) is 48.6 Å². The molecule has 0 aromatic heterocycles. The Balaban J connectivity index is 0.00000289. The topological polar surface area (TPSA) is 52.7 Å². The summed E-state index contributed by atoms with van der Waals surface area (Å²) in [5.41, 5.74) is 5.30. The largest absolute Gasteiger partial charge is 0.369 e. The molecule has 1 saturated heterocycles. The van der Waals surface area contributed by atoms with Crippen molar-refractivity contribution in [1.82, 2.24) is 4.90 Å². The zero-order chi connectivity index (χ0) is 21.6. The molecule has 2 aromatic rings. The van der Waals surface area contributed by atoms with E-state index in [0.717, 1.165) is 56.0 Å². The number of benzene rings is 2. The summed E-state index contributed by atoms with van der Waals surface area (Å²) < 4.78 is 0. The minimum absolute atomic E-state index is 0. The lowest BCUT2D eigenvalue weighted by Crippen LogP contribution is -2.46. The van der Waals surface area contributed by atoms with Gasteiger partial charge in [-0.2, -0.15) is 0 Å². The molecule has 0 radical (unpaired) electrons. The van der Waals surface area contributed by atoms with E-state index < -0.39 is 0 Å². The van der Waals surface area contributed by atoms with Crippen LogP contribution in [0.15, 0.2) is 42.5 Å². The van der Waals surface area contributed by atoms with Gasteiger partial charge in [-0.25, -0.2) is 0 Å². The van der Waals surface area contributed by atoms with Crippen LogP contribution in [0.1, 0.15) is 54.1 Å². The Morgan fingerprint density at radius 1 is 1.00 bits per heavy atom. The third kappa shape index (κ3) is 5.90. The second-order valence-corrected chi connectivity index (χ2v) is 8.65. The number of nitrogens with zero attached hydrogens (tertiary/aromatic N) is 2. The van der Waals surface area contributed by atoms with E-state index in [1.54, 1.807) is 0 Å². The number of carbonyl (C=O) groups is 2. The van der Waals surface area contributed by atoms with Crippen molar-refractivity contribution in [3.05, 3.63) is 59.2 Å². The number of fused-ring (bicyclic) bond motifs is 1. The fourth-order valence-corrected chi connectivity index (χ4v) is 4.56. The molecule has 0 spiro atoms. The summed E-state index contributed by atoms with van der Waals surface area (Å²) in [6.45, 7) is 6.97. The molecule has 4 rings (SSSR count).